The van der Waals surface area contributed by atoms with E-state index in [4.69, 9.17) is 16.3 Å². The minimum atomic E-state index is -0.495. The number of ether oxygens (including phenoxy) is 1. The van der Waals surface area contributed by atoms with Crippen LogP contribution >= 0.6 is 23.4 Å². The summed E-state index contributed by atoms with van der Waals surface area (Å²) < 4.78 is 4.77. The van der Waals surface area contributed by atoms with Crippen molar-refractivity contribution in [3.8, 4) is 0 Å². The van der Waals surface area contributed by atoms with Crippen LogP contribution in [0.25, 0.3) is 0 Å². The molecule has 1 aromatic rings. The van der Waals surface area contributed by atoms with Gasteiger partial charge < -0.3 is 4.74 Å². The third-order valence-electron chi connectivity index (χ3n) is 1.40. The Hall–Kier alpha value is -0.810. The molecule has 6 heteroatoms. The third-order valence-corrected chi connectivity index (χ3v) is 2.25. The van der Waals surface area contributed by atoms with E-state index in [0.717, 1.165) is 0 Å². The number of halogens is 1. The van der Waals surface area contributed by atoms with Gasteiger partial charge in [-0.15, -0.1) is 0 Å². The minimum Gasteiger partial charge on any atom is -0.462 e. The van der Waals surface area contributed by atoms with Gasteiger partial charge in [-0.05, 0) is 13.2 Å². The second-order valence-corrected chi connectivity index (χ2v) is 3.41. The van der Waals surface area contributed by atoms with Crippen molar-refractivity contribution in [2.45, 2.75) is 19.5 Å². The smallest absolute Gasteiger partial charge is 0.342 e. The predicted molar refractivity (Wildman–Crippen MR) is 61.5 cm³/mol. The summed E-state index contributed by atoms with van der Waals surface area (Å²) in [5, 5.41) is 0.658. The van der Waals surface area contributed by atoms with Crippen LogP contribution in [0.5, 0.6) is 0 Å². The molecule has 0 aromatic carbocycles. The fraction of sp³-hybridized carbons (Fsp3) is 0.444. The van der Waals surface area contributed by atoms with Gasteiger partial charge in [-0.25, -0.2) is 14.8 Å². The summed E-state index contributed by atoms with van der Waals surface area (Å²) in [6.45, 7) is 2.03. The summed E-state index contributed by atoms with van der Waals surface area (Å²) in [5.41, 5.74) is 0.200. The first-order valence-corrected chi connectivity index (χ1v) is 5.53. The molecular formula is C9H13ClN2O2S. The maximum absolute atomic E-state index is 11.3. The maximum Gasteiger partial charge on any atom is 0.342 e. The molecule has 0 bridgehead atoms. The first-order valence-electron chi connectivity index (χ1n) is 3.92. The first kappa shape index (κ1) is 14.2. The van der Waals surface area contributed by atoms with Crippen molar-refractivity contribution in [1.82, 2.24) is 9.97 Å². The first-order chi connectivity index (χ1) is 6.69. The number of esters is 1. The van der Waals surface area contributed by atoms with E-state index >= 15 is 0 Å². The number of carbonyl (C=O) groups is 1. The van der Waals surface area contributed by atoms with Gasteiger partial charge in [0.2, 0.25) is 0 Å². The zero-order valence-electron chi connectivity index (χ0n) is 7.78. The standard InChI is InChI=1S/C8H9ClN2O2S.CH4/c1-3-13-7(12)5-4-10-8(14-2)11-6(5)9;/h4H,3H2,1-2H3;1H4. The zero-order valence-corrected chi connectivity index (χ0v) is 9.35. The summed E-state index contributed by atoms with van der Waals surface area (Å²) in [5.74, 6) is -0.495. The van der Waals surface area contributed by atoms with E-state index in [1.54, 1.807) is 6.92 Å². The quantitative estimate of drug-likeness (QED) is 0.356. The Balaban J connectivity index is 0.00000196. The van der Waals surface area contributed by atoms with Gasteiger partial charge in [0.15, 0.2) is 5.16 Å². The van der Waals surface area contributed by atoms with Crippen LogP contribution in [0, 0.1) is 0 Å². The molecule has 0 radical (unpaired) electrons. The highest BCUT2D eigenvalue weighted by atomic mass is 35.5. The number of aromatic nitrogens is 2. The van der Waals surface area contributed by atoms with Crippen LogP contribution in [0.3, 0.4) is 0 Å². The fourth-order valence-electron chi connectivity index (χ4n) is 0.790. The molecule has 0 saturated heterocycles. The molecule has 0 unspecified atom stereocenters. The maximum atomic E-state index is 11.3. The second-order valence-electron chi connectivity index (χ2n) is 2.28. The third kappa shape index (κ3) is 3.68. The van der Waals surface area contributed by atoms with Crippen molar-refractivity contribution in [3.63, 3.8) is 0 Å². The highest BCUT2D eigenvalue weighted by Crippen LogP contribution is 2.17. The molecule has 1 heterocycles. The highest BCUT2D eigenvalue weighted by Gasteiger charge is 2.13. The highest BCUT2D eigenvalue weighted by molar-refractivity contribution is 7.98. The molecule has 15 heavy (non-hydrogen) atoms. The molecule has 0 spiro atoms. The minimum absolute atomic E-state index is 0. The van der Waals surface area contributed by atoms with Gasteiger partial charge in [0.05, 0.1) is 6.61 Å². The van der Waals surface area contributed by atoms with E-state index in [1.165, 1.54) is 18.0 Å². The molecule has 0 saturated carbocycles. The van der Waals surface area contributed by atoms with E-state index < -0.39 is 5.97 Å². The Bertz CT molecular complexity index is 347. The zero-order chi connectivity index (χ0) is 10.6. The summed E-state index contributed by atoms with van der Waals surface area (Å²) >= 11 is 7.13. The monoisotopic (exact) mass is 248 g/mol. The lowest BCUT2D eigenvalue weighted by molar-refractivity contribution is 0.0525. The topological polar surface area (TPSA) is 52.1 Å². The van der Waals surface area contributed by atoms with Gasteiger partial charge in [-0.3, -0.25) is 0 Å². The van der Waals surface area contributed by atoms with Crippen LogP contribution in [0.15, 0.2) is 11.4 Å². The molecule has 0 N–H and O–H groups in total. The Morgan fingerprint density at radius 3 is 2.80 bits per heavy atom. The summed E-state index contributed by atoms with van der Waals surface area (Å²) in [6, 6.07) is 0. The lowest BCUT2D eigenvalue weighted by Gasteiger charge is -2.03. The van der Waals surface area contributed by atoms with Crippen LogP contribution in [-0.4, -0.2) is 28.8 Å². The second kappa shape index (κ2) is 6.63. The van der Waals surface area contributed by atoms with Crippen molar-refractivity contribution < 1.29 is 9.53 Å². The lowest BCUT2D eigenvalue weighted by atomic mass is 10.3. The van der Waals surface area contributed by atoms with E-state index in [0.29, 0.717) is 11.8 Å². The SMILES string of the molecule is C.CCOC(=O)c1cnc(SC)nc1Cl. The number of nitrogens with zero attached hydrogens (tertiary/aromatic N) is 2. The molecular weight excluding hydrogens is 236 g/mol. The van der Waals surface area contributed by atoms with Crippen LogP contribution in [0.4, 0.5) is 0 Å². The van der Waals surface area contributed by atoms with Crippen LogP contribution in [0.2, 0.25) is 5.15 Å². The van der Waals surface area contributed by atoms with E-state index in [2.05, 4.69) is 9.97 Å². The molecule has 0 aliphatic carbocycles. The van der Waals surface area contributed by atoms with E-state index in [1.807, 2.05) is 6.26 Å². The Labute approximate surface area is 98.4 Å². The molecule has 0 fully saturated rings. The van der Waals surface area contributed by atoms with E-state index in [9.17, 15) is 4.79 Å². The van der Waals surface area contributed by atoms with Crippen molar-refractivity contribution in [1.29, 1.82) is 0 Å². The van der Waals surface area contributed by atoms with Gasteiger partial charge in [0, 0.05) is 6.20 Å². The molecule has 0 aliphatic rings. The van der Waals surface area contributed by atoms with Crippen LogP contribution in [0.1, 0.15) is 24.7 Å². The van der Waals surface area contributed by atoms with Crippen LogP contribution in [-0.2, 0) is 4.74 Å². The van der Waals surface area contributed by atoms with Crippen LogP contribution < -0.4 is 0 Å². The number of rotatable bonds is 3. The molecule has 0 amide bonds. The molecule has 84 valence electrons. The average molecular weight is 249 g/mol. The lowest BCUT2D eigenvalue weighted by Crippen LogP contribution is -2.07. The Morgan fingerprint density at radius 2 is 2.33 bits per heavy atom. The normalized spacial score (nSPS) is 9.27. The summed E-state index contributed by atoms with van der Waals surface area (Å²) in [4.78, 5) is 19.1. The fourth-order valence-corrected chi connectivity index (χ4v) is 1.39. The molecule has 1 rings (SSSR count). The molecule has 4 nitrogen and oxygen atoms in total. The van der Waals surface area contributed by atoms with Gasteiger partial charge in [-0.2, -0.15) is 0 Å². The molecule has 0 aliphatic heterocycles. The number of carbonyl (C=O) groups excluding carboxylic acids is 1. The molecule has 1 aromatic heterocycles. The summed E-state index contributed by atoms with van der Waals surface area (Å²) in [6.07, 6.45) is 3.20. The van der Waals surface area contributed by atoms with Gasteiger partial charge in [-0.1, -0.05) is 30.8 Å². The largest absolute Gasteiger partial charge is 0.462 e. The number of hydrogen-bond acceptors (Lipinski definition) is 5. The summed E-state index contributed by atoms with van der Waals surface area (Å²) in [7, 11) is 0. The van der Waals surface area contributed by atoms with Crippen molar-refractivity contribution >= 4 is 29.3 Å². The predicted octanol–water partition coefficient (Wildman–Crippen LogP) is 2.66. The number of thioether (sulfide) groups is 1. The van der Waals surface area contributed by atoms with Crippen molar-refractivity contribution in [2.75, 3.05) is 12.9 Å². The van der Waals surface area contributed by atoms with Gasteiger partial charge in [0.1, 0.15) is 10.7 Å². The Morgan fingerprint density at radius 1 is 1.67 bits per heavy atom. The van der Waals surface area contributed by atoms with E-state index in [-0.39, 0.29) is 18.1 Å². The molecule has 0 atom stereocenters. The Kier molecular flexibility index (Phi) is 6.27. The number of hydrogen-bond donors (Lipinski definition) is 0. The van der Waals surface area contributed by atoms with Gasteiger partial charge in [0.25, 0.3) is 0 Å². The van der Waals surface area contributed by atoms with Crippen molar-refractivity contribution in [2.24, 2.45) is 0 Å². The van der Waals surface area contributed by atoms with Gasteiger partial charge >= 0.3 is 5.97 Å². The van der Waals surface area contributed by atoms with Crippen molar-refractivity contribution in [3.05, 3.63) is 16.9 Å². The average Bonchev–Trinajstić information content (AvgIpc) is 2.17.